The first kappa shape index (κ1) is 119. The van der Waals surface area contributed by atoms with Crippen molar-refractivity contribution in [2.75, 3.05) is 98.2 Å². The molecular formula is C117H179N11O12. The Hall–Kier alpha value is -10.0. The SMILES string of the molecule is CC(C)(C)OC(=O)NCCCCN(CCCCN)C(=O)OC(C)(C)C.CCCCCN(CCCCCCc1c2ccccc2c(CNCCCCN(CCCCNC(=O)OC(C)(C)C)C(=O)OC(C)(C)C)c2ccccc12)C(=O)OC(C)(C)C.NCCCCCCCCCNCc1c2ccccc2c(CCCCCCNCCCCN)c2ccccc12.O=Cc1c2ccccc2c(C=O)c2ccccc12. The van der Waals surface area contributed by atoms with Crippen LogP contribution in [0, 0.1) is 0 Å². The first-order valence-electron chi connectivity index (χ1n) is 52.8. The van der Waals surface area contributed by atoms with Crippen molar-refractivity contribution in [3.8, 4) is 0 Å². The summed E-state index contributed by atoms with van der Waals surface area (Å²) < 4.78 is 27.4. The van der Waals surface area contributed by atoms with Gasteiger partial charge in [-0.2, -0.15) is 0 Å². The van der Waals surface area contributed by atoms with Crippen LogP contribution in [0.1, 0.15) is 334 Å². The second-order valence-corrected chi connectivity index (χ2v) is 42.0. The summed E-state index contributed by atoms with van der Waals surface area (Å²) >= 11 is 0. The van der Waals surface area contributed by atoms with Crippen molar-refractivity contribution < 1.29 is 57.2 Å². The molecule has 774 valence electrons. The number of nitrogens with two attached hydrogens (primary N) is 3. The number of alkyl carbamates (subject to hydrolysis) is 2. The molecule has 0 spiro atoms. The van der Waals surface area contributed by atoms with Crippen molar-refractivity contribution in [1.82, 2.24) is 41.3 Å². The number of nitrogens with one attached hydrogen (secondary N) is 5. The van der Waals surface area contributed by atoms with Crippen LogP contribution in [0.5, 0.6) is 0 Å². The summed E-state index contributed by atoms with van der Waals surface area (Å²) in [5.74, 6) is 0. The maximum Gasteiger partial charge on any atom is 0.410 e. The van der Waals surface area contributed by atoms with Gasteiger partial charge >= 0.3 is 30.5 Å². The van der Waals surface area contributed by atoms with E-state index in [4.69, 9.17) is 40.9 Å². The number of unbranched alkanes of at least 4 members (excludes halogenated alkanes) is 19. The Balaban J connectivity index is 0.000000314. The molecule has 0 fully saturated rings. The molecule has 9 rings (SSSR count). The molecule has 23 heteroatoms. The van der Waals surface area contributed by atoms with E-state index in [1.165, 1.54) is 142 Å². The predicted octanol–water partition coefficient (Wildman–Crippen LogP) is 26.0. The molecule has 0 aliphatic carbocycles. The van der Waals surface area contributed by atoms with Crippen LogP contribution in [0.4, 0.5) is 24.0 Å². The standard InChI is InChI=1S/C49H78N4O6.C34H54N4.C18H37N3O4.C16H10O2/c1-11-12-22-33-52(45(55)58-48(5,6)7)34-23-14-13-15-26-38-39-27-16-18-29-41(39)43(42-30-19-17-28-40(38)42)37-50-31-20-24-35-53(46(56)59-49(8,9)10)36-25-21-32-51-44(54)57-47(2,3)4;35-23-13-5-2-1-3-6-16-27-38-28-34-32-21-11-9-19-30(32)29(31-20-10-12-22-33(31)34)18-8-4-7-15-25-37-26-17-14-24-36;1-17(2,3)24-15(22)20-12-8-10-14-21(13-9-7-11-19)16(23)25-18(4,5)6;17-9-15-11-5-1-2-6-12(11)16(10-18)14-8-4-3-7-13(14)15/h16-19,27-30,50H,11-15,20-26,31-37H2,1-10H3,(H,51,54);9-12,19-22,37-38H,1-8,13-18,23-28,35-36H2;7-14,19H2,1-6H3,(H,20,22);1-10H. The normalized spacial score (nSPS) is 11.7. The van der Waals surface area contributed by atoms with Gasteiger partial charge in [-0.25, -0.2) is 24.0 Å². The number of hydrogen-bond donors (Lipinski definition) is 8. The van der Waals surface area contributed by atoms with Crippen LogP contribution < -0.4 is 43.8 Å². The van der Waals surface area contributed by atoms with Gasteiger partial charge in [0.15, 0.2) is 12.6 Å². The van der Waals surface area contributed by atoms with Gasteiger partial charge in [0.25, 0.3) is 0 Å². The Morgan fingerprint density at radius 2 is 0.479 bits per heavy atom. The van der Waals surface area contributed by atoms with Crippen LogP contribution in [-0.2, 0) is 49.6 Å². The molecule has 9 aromatic rings. The Kier molecular flexibility index (Phi) is 54.7. The lowest BCUT2D eigenvalue weighted by Gasteiger charge is -2.27. The summed E-state index contributed by atoms with van der Waals surface area (Å²) in [7, 11) is 0. The highest BCUT2D eigenvalue weighted by Crippen LogP contribution is 2.38. The lowest BCUT2D eigenvalue weighted by Crippen LogP contribution is -2.38. The van der Waals surface area contributed by atoms with E-state index in [1.807, 2.05) is 157 Å². The summed E-state index contributed by atoms with van der Waals surface area (Å²) in [5, 5.41) is 30.9. The van der Waals surface area contributed by atoms with Crippen molar-refractivity contribution in [1.29, 1.82) is 0 Å². The minimum atomic E-state index is -0.573. The molecule has 0 unspecified atom stereocenters. The fourth-order valence-electron chi connectivity index (χ4n) is 17.4. The molecule has 0 radical (unpaired) electrons. The molecule has 0 aliphatic rings. The number of aryl methyl sites for hydroxylation is 2. The fourth-order valence-corrected chi connectivity index (χ4v) is 17.4. The number of carbonyl (C=O) groups is 7. The monoisotopic (exact) mass is 1930 g/mol. The van der Waals surface area contributed by atoms with Crippen LogP contribution >= 0.6 is 0 Å². The fraction of sp³-hybridized carbons (Fsp3) is 0.581. The van der Waals surface area contributed by atoms with Crippen molar-refractivity contribution in [2.45, 2.75) is 344 Å². The average Bonchev–Trinajstić information content (AvgIpc) is 0.754. The van der Waals surface area contributed by atoms with Crippen molar-refractivity contribution in [3.63, 3.8) is 0 Å². The number of ether oxygens (including phenoxy) is 5. The van der Waals surface area contributed by atoms with Gasteiger partial charge < -0.3 is 82.2 Å². The second-order valence-electron chi connectivity index (χ2n) is 42.0. The summed E-state index contributed by atoms with van der Waals surface area (Å²) in [6.45, 7) is 43.2. The molecular weight excluding hydrogens is 1750 g/mol. The summed E-state index contributed by atoms with van der Waals surface area (Å²) in [4.78, 5) is 89.9. The van der Waals surface area contributed by atoms with E-state index in [9.17, 15) is 33.6 Å². The lowest BCUT2D eigenvalue weighted by molar-refractivity contribution is 0.0233. The smallest absolute Gasteiger partial charge is 0.410 e. The molecule has 11 N–H and O–H groups in total. The Morgan fingerprint density at radius 1 is 0.264 bits per heavy atom. The van der Waals surface area contributed by atoms with Gasteiger partial charge in [0.1, 0.15) is 28.0 Å². The molecule has 0 saturated heterocycles. The van der Waals surface area contributed by atoms with E-state index >= 15 is 0 Å². The highest BCUT2D eigenvalue weighted by atomic mass is 16.6. The van der Waals surface area contributed by atoms with Crippen molar-refractivity contribution in [2.24, 2.45) is 17.2 Å². The zero-order valence-electron chi connectivity index (χ0n) is 88.7. The number of amides is 5. The summed E-state index contributed by atoms with van der Waals surface area (Å²) in [6, 6.07) is 50.8. The second kappa shape index (κ2) is 64.5. The van der Waals surface area contributed by atoms with Crippen molar-refractivity contribution >= 4 is 108 Å². The summed E-state index contributed by atoms with van der Waals surface area (Å²) in [5.41, 5.74) is 21.1. The van der Waals surface area contributed by atoms with Gasteiger partial charge in [-0.3, -0.25) is 9.59 Å². The van der Waals surface area contributed by atoms with E-state index in [1.54, 1.807) is 9.80 Å². The molecule has 0 aliphatic heterocycles. The molecule has 0 heterocycles. The number of benzene rings is 9. The van der Waals surface area contributed by atoms with Crippen LogP contribution in [0.25, 0.3) is 64.6 Å². The van der Waals surface area contributed by atoms with Crippen LogP contribution in [-0.4, -0.2) is 184 Å². The van der Waals surface area contributed by atoms with E-state index in [0.29, 0.717) is 56.9 Å². The zero-order chi connectivity index (χ0) is 102. The molecule has 0 saturated carbocycles. The third-order valence-corrected chi connectivity index (χ3v) is 24.1. The first-order chi connectivity index (χ1) is 67.1. The Bertz CT molecular complexity index is 4820. The molecule has 5 amide bonds. The molecule has 140 heavy (non-hydrogen) atoms. The topological polar surface area (TPSA) is 314 Å². The minimum absolute atomic E-state index is 0.194. The van der Waals surface area contributed by atoms with Gasteiger partial charge in [0.2, 0.25) is 0 Å². The highest BCUT2D eigenvalue weighted by molar-refractivity contribution is 6.20. The zero-order valence-corrected chi connectivity index (χ0v) is 88.7. The largest absolute Gasteiger partial charge is 0.444 e. The van der Waals surface area contributed by atoms with Gasteiger partial charge in [-0.05, 0) is 359 Å². The molecule has 0 atom stereocenters. The van der Waals surface area contributed by atoms with E-state index in [2.05, 4.69) is 131 Å². The Labute approximate surface area is 840 Å². The Morgan fingerprint density at radius 3 is 0.771 bits per heavy atom. The highest BCUT2D eigenvalue weighted by Gasteiger charge is 2.27. The number of fused-ring (bicyclic) bond motifs is 6. The van der Waals surface area contributed by atoms with Gasteiger partial charge in [-0.15, -0.1) is 0 Å². The van der Waals surface area contributed by atoms with Gasteiger partial charge in [-0.1, -0.05) is 223 Å². The number of carbonyl (C=O) groups excluding carboxylic acids is 7. The molecule has 0 bridgehead atoms. The van der Waals surface area contributed by atoms with E-state index < -0.39 is 40.2 Å². The predicted molar refractivity (Wildman–Crippen MR) is 583 cm³/mol. The molecule has 9 aromatic carbocycles. The molecule has 0 aromatic heterocycles. The summed E-state index contributed by atoms with van der Waals surface area (Å²) in [6.07, 6.45) is 32.8. The third-order valence-electron chi connectivity index (χ3n) is 24.1. The number of rotatable bonds is 56. The maximum absolute atomic E-state index is 13.1. The van der Waals surface area contributed by atoms with E-state index in [-0.39, 0.29) is 18.3 Å². The van der Waals surface area contributed by atoms with Crippen LogP contribution in [0.2, 0.25) is 0 Å². The first-order valence-corrected chi connectivity index (χ1v) is 52.8. The quantitative estimate of drug-likeness (QED) is 0.00760. The van der Waals surface area contributed by atoms with E-state index in [0.717, 1.165) is 215 Å². The molecule has 23 nitrogen and oxygen atoms in total. The van der Waals surface area contributed by atoms with Crippen molar-refractivity contribution in [3.05, 3.63) is 179 Å². The minimum Gasteiger partial charge on any atom is -0.444 e. The third kappa shape index (κ3) is 45.5. The van der Waals surface area contributed by atoms with Crippen LogP contribution in [0.15, 0.2) is 146 Å². The van der Waals surface area contributed by atoms with Gasteiger partial charge in [0.05, 0.1) is 0 Å². The number of aldehydes is 2. The average molecular weight is 1930 g/mol. The van der Waals surface area contributed by atoms with Crippen LogP contribution in [0.3, 0.4) is 0 Å². The van der Waals surface area contributed by atoms with Gasteiger partial charge in [0, 0.05) is 76.6 Å². The maximum atomic E-state index is 13.1. The number of nitrogens with zero attached hydrogens (tertiary/aromatic N) is 3. The number of hydrogen-bond acceptors (Lipinski definition) is 18. The lowest BCUT2D eigenvalue weighted by atomic mass is 9.89.